The highest BCUT2D eigenvalue weighted by atomic mass is 35.5. The van der Waals surface area contributed by atoms with E-state index in [0.29, 0.717) is 17.9 Å². The third-order valence-electron chi connectivity index (χ3n) is 2.69. The van der Waals surface area contributed by atoms with Crippen LogP contribution in [0.1, 0.15) is 17.2 Å². The van der Waals surface area contributed by atoms with E-state index in [4.69, 9.17) is 27.9 Å². The summed E-state index contributed by atoms with van der Waals surface area (Å²) in [6.45, 7) is 0.478. The molecule has 4 heteroatoms. The van der Waals surface area contributed by atoms with E-state index in [9.17, 15) is 5.11 Å². The van der Waals surface area contributed by atoms with Crippen molar-refractivity contribution in [1.29, 1.82) is 0 Å². The fraction of sp³-hybridized carbons (Fsp3) is 0.200. The molecule has 2 aromatic carbocycles. The molecule has 2 aromatic rings. The summed E-state index contributed by atoms with van der Waals surface area (Å²) < 4.78 is 5.67. The second-order valence-electron chi connectivity index (χ2n) is 4.13. The Morgan fingerprint density at radius 3 is 2.42 bits per heavy atom. The maximum Gasteiger partial charge on any atom is 0.137 e. The fourth-order valence-electron chi connectivity index (χ4n) is 1.67. The van der Waals surface area contributed by atoms with Crippen LogP contribution in [0.2, 0.25) is 0 Å². The van der Waals surface area contributed by atoms with Crippen molar-refractivity contribution in [2.24, 2.45) is 0 Å². The van der Waals surface area contributed by atoms with Crippen LogP contribution in [0.4, 0.5) is 0 Å². The molecule has 19 heavy (non-hydrogen) atoms. The van der Waals surface area contributed by atoms with E-state index in [2.05, 4.69) is 0 Å². The number of alkyl halides is 2. The molecule has 1 N–H and O–H groups in total. The highest BCUT2D eigenvalue weighted by molar-refractivity contribution is 6.44. The van der Waals surface area contributed by atoms with Crippen LogP contribution >= 0.6 is 23.2 Å². The van der Waals surface area contributed by atoms with Crippen LogP contribution in [0.5, 0.6) is 5.75 Å². The van der Waals surface area contributed by atoms with Gasteiger partial charge in [0.25, 0.3) is 0 Å². The van der Waals surface area contributed by atoms with Gasteiger partial charge in [-0.05, 0) is 23.3 Å². The van der Waals surface area contributed by atoms with Crippen LogP contribution in [0.3, 0.4) is 0 Å². The van der Waals surface area contributed by atoms with Crippen LogP contribution < -0.4 is 4.74 Å². The molecule has 0 heterocycles. The molecule has 2 rings (SSSR count). The quantitative estimate of drug-likeness (QED) is 0.842. The zero-order chi connectivity index (χ0) is 13.7. The van der Waals surface area contributed by atoms with E-state index < -0.39 is 10.9 Å². The number of hydrogen-bond acceptors (Lipinski definition) is 2. The van der Waals surface area contributed by atoms with E-state index in [1.807, 2.05) is 36.4 Å². The SMILES string of the molecule is OC(c1cccc(OCc2ccccc2)c1)C(Cl)Cl. The second-order valence-corrected chi connectivity index (χ2v) is 5.29. The number of aliphatic hydroxyl groups excluding tert-OH is 1. The minimum Gasteiger partial charge on any atom is -0.489 e. The van der Waals surface area contributed by atoms with E-state index in [-0.39, 0.29) is 0 Å². The molecule has 0 fully saturated rings. The van der Waals surface area contributed by atoms with Gasteiger partial charge in [-0.25, -0.2) is 0 Å². The normalized spacial score (nSPS) is 12.4. The number of aliphatic hydroxyl groups is 1. The Morgan fingerprint density at radius 2 is 1.74 bits per heavy atom. The molecule has 0 spiro atoms. The molecule has 1 unspecified atom stereocenters. The summed E-state index contributed by atoms with van der Waals surface area (Å²) in [5.41, 5.74) is 1.72. The lowest BCUT2D eigenvalue weighted by Gasteiger charge is -2.13. The Balaban J connectivity index is 2.03. The number of halogens is 2. The number of rotatable bonds is 5. The molecule has 0 amide bonds. The third kappa shape index (κ3) is 4.13. The van der Waals surface area contributed by atoms with Crippen molar-refractivity contribution in [1.82, 2.24) is 0 Å². The topological polar surface area (TPSA) is 29.5 Å². The molecule has 0 saturated heterocycles. The van der Waals surface area contributed by atoms with Crippen LogP contribution in [-0.2, 0) is 6.61 Å². The van der Waals surface area contributed by atoms with Gasteiger partial charge in [-0.15, -0.1) is 23.2 Å². The van der Waals surface area contributed by atoms with Crippen molar-refractivity contribution < 1.29 is 9.84 Å². The molecule has 0 aromatic heterocycles. The van der Waals surface area contributed by atoms with Gasteiger partial charge in [0.15, 0.2) is 0 Å². The Hall–Kier alpha value is -1.22. The van der Waals surface area contributed by atoms with Crippen LogP contribution in [-0.4, -0.2) is 9.94 Å². The Morgan fingerprint density at radius 1 is 1.00 bits per heavy atom. The predicted molar refractivity (Wildman–Crippen MR) is 77.7 cm³/mol. The van der Waals surface area contributed by atoms with Gasteiger partial charge in [0, 0.05) is 0 Å². The minimum absolute atomic E-state index is 0.478. The van der Waals surface area contributed by atoms with Gasteiger partial charge in [-0.2, -0.15) is 0 Å². The van der Waals surface area contributed by atoms with E-state index >= 15 is 0 Å². The summed E-state index contributed by atoms with van der Waals surface area (Å²) in [4.78, 5) is -0.857. The first kappa shape index (κ1) is 14.2. The van der Waals surface area contributed by atoms with Crippen molar-refractivity contribution >= 4 is 23.2 Å². The molecule has 100 valence electrons. The zero-order valence-electron chi connectivity index (χ0n) is 10.2. The minimum atomic E-state index is -0.913. The molecular weight excluding hydrogens is 283 g/mol. The first-order chi connectivity index (χ1) is 9.16. The lowest BCUT2D eigenvalue weighted by atomic mass is 10.1. The summed E-state index contributed by atoms with van der Waals surface area (Å²) in [5, 5.41) is 9.79. The van der Waals surface area contributed by atoms with E-state index in [1.165, 1.54) is 0 Å². The molecule has 0 saturated carbocycles. The predicted octanol–water partition coefficient (Wildman–Crippen LogP) is 4.10. The van der Waals surface area contributed by atoms with Gasteiger partial charge < -0.3 is 9.84 Å². The van der Waals surface area contributed by atoms with Gasteiger partial charge in [-0.1, -0.05) is 42.5 Å². The second kappa shape index (κ2) is 6.80. The third-order valence-corrected chi connectivity index (χ3v) is 3.16. The average Bonchev–Trinajstić information content (AvgIpc) is 2.45. The van der Waals surface area contributed by atoms with Crippen molar-refractivity contribution in [3.05, 3.63) is 65.7 Å². The van der Waals surface area contributed by atoms with Gasteiger partial charge in [0.2, 0.25) is 0 Å². The largest absolute Gasteiger partial charge is 0.489 e. The molecule has 0 aliphatic rings. The van der Waals surface area contributed by atoms with Crippen LogP contribution in [0.25, 0.3) is 0 Å². The Labute approximate surface area is 122 Å². The lowest BCUT2D eigenvalue weighted by molar-refractivity contribution is 0.192. The number of benzene rings is 2. The molecule has 0 aliphatic carbocycles. The highest BCUT2D eigenvalue weighted by Crippen LogP contribution is 2.26. The molecular formula is C15H14Cl2O2. The van der Waals surface area contributed by atoms with Crippen molar-refractivity contribution in [3.63, 3.8) is 0 Å². The highest BCUT2D eigenvalue weighted by Gasteiger charge is 2.16. The van der Waals surface area contributed by atoms with Crippen molar-refractivity contribution in [2.75, 3.05) is 0 Å². The van der Waals surface area contributed by atoms with Crippen molar-refractivity contribution in [2.45, 2.75) is 17.5 Å². The molecule has 0 radical (unpaired) electrons. The zero-order valence-corrected chi connectivity index (χ0v) is 11.7. The van der Waals surface area contributed by atoms with Gasteiger partial charge in [0.05, 0.1) is 0 Å². The number of hydrogen-bond donors (Lipinski definition) is 1. The maximum atomic E-state index is 9.79. The summed E-state index contributed by atoms with van der Waals surface area (Å²) >= 11 is 11.3. The number of ether oxygens (including phenoxy) is 1. The molecule has 2 nitrogen and oxygen atoms in total. The average molecular weight is 297 g/mol. The Bertz CT molecular complexity index is 515. The maximum absolute atomic E-state index is 9.79. The smallest absolute Gasteiger partial charge is 0.137 e. The molecule has 0 aliphatic heterocycles. The standard InChI is InChI=1S/C15H14Cl2O2/c16-15(17)14(18)12-7-4-8-13(9-12)19-10-11-5-2-1-3-6-11/h1-9,14-15,18H,10H2. The van der Waals surface area contributed by atoms with Gasteiger partial charge in [0.1, 0.15) is 23.3 Å². The van der Waals surface area contributed by atoms with Crippen LogP contribution in [0, 0.1) is 0 Å². The van der Waals surface area contributed by atoms with Gasteiger partial charge >= 0.3 is 0 Å². The Kier molecular flexibility index (Phi) is 5.08. The van der Waals surface area contributed by atoms with Crippen molar-refractivity contribution in [3.8, 4) is 5.75 Å². The summed E-state index contributed by atoms with van der Waals surface area (Å²) in [6, 6.07) is 17.0. The summed E-state index contributed by atoms with van der Waals surface area (Å²) in [7, 11) is 0. The fourth-order valence-corrected chi connectivity index (χ4v) is 1.97. The first-order valence-corrected chi connectivity index (χ1v) is 6.77. The lowest BCUT2D eigenvalue weighted by Crippen LogP contribution is -2.06. The molecule has 0 bridgehead atoms. The monoisotopic (exact) mass is 296 g/mol. The summed E-state index contributed by atoms with van der Waals surface area (Å²) in [6.07, 6.45) is -0.913. The van der Waals surface area contributed by atoms with Crippen LogP contribution in [0.15, 0.2) is 54.6 Å². The van der Waals surface area contributed by atoms with E-state index in [0.717, 1.165) is 5.56 Å². The van der Waals surface area contributed by atoms with E-state index in [1.54, 1.807) is 18.2 Å². The molecule has 1 atom stereocenters. The first-order valence-electron chi connectivity index (χ1n) is 5.90. The van der Waals surface area contributed by atoms with Gasteiger partial charge in [-0.3, -0.25) is 0 Å². The summed E-state index contributed by atoms with van der Waals surface area (Å²) in [5.74, 6) is 0.675.